The quantitative estimate of drug-likeness (QED) is 0.187. The van der Waals surface area contributed by atoms with Gasteiger partial charge >= 0.3 is 0 Å². The molecule has 10 rings (SSSR count). The number of benzene rings is 7. The second kappa shape index (κ2) is 11.4. The maximum absolute atomic E-state index is 6.57. The van der Waals surface area contributed by atoms with Crippen molar-refractivity contribution in [2.75, 3.05) is 0 Å². The van der Waals surface area contributed by atoms with Gasteiger partial charge in [-0.3, -0.25) is 0 Å². The molecule has 3 aromatic heterocycles. The number of hydrogen-bond donors (Lipinski definition) is 0. The zero-order valence-electron chi connectivity index (χ0n) is 26.7. The predicted molar refractivity (Wildman–Crippen MR) is 202 cm³/mol. The van der Waals surface area contributed by atoms with Gasteiger partial charge in [0.25, 0.3) is 0 Å². The molecular formula is C45H27N3O2. The van der Waals surface area contributed by atoms with Crippen LogP contribution in [0.15, 0.2) is 173 Å². The fourth-order valence-corrected chi connectivity index (χ4v) is 7.02. The topological polar surface area (TPSA) is 65.0 Å². The van der Waals surface area contributed by atoms with Crippen LogP contribution in [0.25, 0.3) is 100 Å². The standard InChI is InChI=1S/C45H27N3O2/c1-4-13-28(14-5-1)33-25-24-32(41-34-19-10-11-21-37(34)50-42(33)41)31-23-26-38-36(27-31)40-35(20-12-22-39(40)49-38)45-47-43(29-15-6-2-7-16-29)46-44(48-45)30-17-8-3-9-18-30/h1-27H. The van der Waals surface area contributed by atoms with Crippen molar-refractivity contribution in [1.29, 1.82) is 0 Å². The molecule has 0 aliphatic rings. The summed E-state index contributed by atoms with van der Waals surface area (Å²) in [6.07, 6.45) is 0. The van der Waals surface area contributed by atoms with Crippen LogP contribution in [0.2, 0.25) is 0 Å². The molecule has 0 saturated carbocycles. The number of para-hydroxylation sites is 1. The van der Waals surface area contributed by atoms with Crippen molar-refractivity contribution in [1.82, 2.24) is 15.0 Å². The van der Waals surface area contributed by atoms with Crippen LogP contribution < -0.4 is 0 Å². The highest BCUT2D eigenvalue weighted by Gasteiger charge is 2.21. The third-order valence-electron chi connectivity index (χ3n) is 9.36. The molecular weight excluding hydrogens is 615 g/mol. The molecule has 0 amide bonds. The van der Waals surface area contributed by atoms with E-state index in [-0.39, 0.29) is 0 Å². The summed E-state index contributed by atoms with van der Waals surface area (Å²) in [5, 5.41) is 4.12. The van der Waals surface area contributed by atoms with E-state index in [0.29, 0.717) is 17.5 Å². The first kappa shape index (κ1) is 28.2. The van der Waals surface area contributed by atoms with Crippen molar-refractivity contribution in [2.24, 2.45) is 0 Å². The molecule has 7 aromatic carbocycles. The minimum Gasteiger partial charge on any atom is -0.456 e. The summed E-state index contributed by atoms with van der Waals surface area (Å²) < 4.78 is 13.0. The normalized spacial score (nSPS) is 11.6. The molecule has 0 aliphatic carbocycles. The Balaban J connectivity index is 1.21. The Morgan fingerprint density at radius 1 is 0.320 bits per heavy atom. The Morgan fingerprint density at radius 2 is 0.900 bits per heavy atom. The van der Waals surface area contributed by atoms with E-state index >= 15 is 0 Å². The summed E-state index contributed by atoms with van der Waals surface area (Å²) in [5.41, 5.74) is 10.4. The Bertz CT molecular complexity index is 2800. The summed E-state index contributed by atoms with van der Waals surface area (Å²) in [7, 11) is 0. The minimum atomic E-state index is 0.590. The molecule has 0 atom stereocenters. The molecule has 234 valence electrons. The SMILES string of the molecule is c1ccc(-c2nc(-c3ccccc3)nc(-c3cccc4oc5ccc(-c6ccc(-c7ccccc7)c7oc8ccccc8c67)cc5c34)n2)cc1. The van der Waals surface area contributed by atoms with Crippen LogP contribution in [0.1, 0.15) is 0 Å². The van der Waals surface area contributed by atoms with E-state index in [1.807, 2.05) is 91.0 Å². The van der Waals surface area contributed by atoms with Gasteiger partial charge in [-0.15, -0.1) is 0 Å². The number of rotatable bonds is 5. The number of hydrogen-bond acceptors (Lipinski definition) is 5. The molecule has 5 nitrogen and oxygen atoms in total. The molecule has 5 heteroatoms. The van der Waals surface area contributed by atoms with Gasteiger partial charge in [0, 0.05) is 43.8 Å². The Labute approximate surface area is 287 Å². The average Bonchev–Trinajstić information content (AvgIpc) is 3.77. The molecule has 0 spiro atoms. The van der Waals surface area contributed by atoms with Crippen molar-refractivity contribution in [3.8, 4) is 56.4 Å². The van der Waals surface area contributed by atoms with E-state index in [9.17, 15) is 0 Å². The highest BCUT2D eigenvalue weighted by Crippen LogP contribution is 2.44. The summed E-state index contributed by atoms with van der Waals surface area (Å²) in [6.45, 7) is 0. The zero-order chi connectivity index (χ0) is 33.0. The van der Waals surface area contributed by atoms with Gasteiger partial charge in [-0.25, -0.2) is 15.0 Å². The lowest BCUT2D eigenvalue weighted by atomic mass is 9.93. The van der Waals surface area contributed by atoms with Gasteiger partial charge in [-0.05, 0) is 47.0 Å². The lowest BCUT2D eigenvalue weighted by Gasteiger charge is -2.10. The summed E-state index contributed by atoms with van der Waals surface area (Å²) in [6, 6.07) is 55.6. The number of fused-ring (bicyclic) bond motifs is 6. The fraction of sp³-hybridized carbons (Fsp3) is 0. The van der Waals surface area contributed by atoms with Crippen LogP contribution in [0, 0.1) is 0 Å². The van der Waals surface area contributed by atoms with Gasteiger partial charge in [-0.1, -0.05) is 133 Å². The number of aromatic nitrogens is 3. The number of nitrogens with zero attached hydrogens (tertiary/aromatic N) is 3. The van der Waals surface area contributed by atoms with Crippen molar-refractivity contribution in [3.05, 3.63) is 164 Å². The summed E-state index contributed by atoms with van der Waals surface area (Å²) in [5.74, 6) is 1.83. The molecule has 0 fully saturated rings. The second-order valence-corrected chi connectivity index (χ2v) is 12.4. The Kier molecular flexibility index (Phi) is 6.42. The molecule has 50 heavy (non-hydrogen) atoms. The van der Waals surface area contributed by atoms with E-state index < -0.39 is 0 Å². The Hall–Kier alpha value is -6.85. The fourth-order valence-electron chi connectivity index (χ4n) is 7.02. The van der Waals surface area contributed by atoms with Crippen LogP contribution in [0.4, 0.5) is 0 Å². The maximum atomic E-state index is 6.57. The molecule has 10 aromatic rings. The van der Waals surface area contributed by atoms with E-state index in [2.05, 4.69) is 72.8 Å². The van der Waals surface area contributed by atoms with E-state index in [1.165, 1.54) is 0 Å². The first-order chi connectivity index (χ1) is 24.8. The van der Waals surface area contributed by atoms with Gasteiger partial charge in [-0.2, -0.15) is 0 Å². The van der Waals surface area contributed by atoms with Gasteiger partial charge in [0.1, 0.15) is 22.3 Å². The average molecular weight is 642 g/mol. The zero-order valence-corrected chi connectivity index (χ0v) is 26.7. The van der Waals surface area contributed by atoms with Crippen LogP contribution in [-0.4, -0.2) is 15.0 Å². The summed E-state index contributed by atoms with van der Waals surface area (Å²) in [4.78, 5) is 15.0. The van der Waals surface area contributed by atoms with Crippen LogP contribution >= 0.6 is 0 Å². The monoisotopic (exact) mass is 641 g/mol. The van der Waals surface area contributed by atoms with E-state index in [1.54, 1.807) is 0 Å². The molecule has 0 radical (unpaired) electrons. The third kappa shape index (κ3) is 4.60. The van der Waals surface area contributed by atoms with Gasteiger partial charge in [0.2, 0.25) is 0 Å². The molecule has 0 saturated heterocycles. The predicted octanol–water partition coefficient (Wildman–Crippen LogP) is 12.0. The smallest absolute Gasteiger partial charge is 0.164 e. The first-order valence-corrected chi connectivity index (χ1v) is 16.6. The molecule has 0 unspecified atom stereocenters. The van der Waals surface area contributed by atoms with Gasteiger partial charge in [0.05, 0.1) is 0 Å². The summed E-state index contributed by atoms with van der Waals surface area (Å²) >= 11 is 0. The Morgan fingerprint density at radius 3 is 1.62 bits per heavy atom. The number of furan rings is 2. The second-order valence-electron chi connectivity index (χ2n) is 12.4. The van der Waals surface area contributed by atoms with Crippen LogP contribution in [-0.2, 0) is 0 Å². The van der Waals surface area contributed by atoms with Crippen LogP contribution in [0.3, 0.4) is 0 Å². The van der Waals surface area contributed by atoms with E-state index in [4.69, 9.17) is 23.8 Å². The van der Waals surface area contributed by atoms with Crippen molar-refractivity contribution in [3.63, 3.8) is 0 Å². The third-order valence-corrected chi connectivity index (χ3v) is 9.36. The van der Waals surface area contributed by atoms with Crippen molar-refractivity contribution < 1.29 is 8.83 Å². The van der Waals surface area contributed by atoms with Crippen molar-refractivity contribution in [2.45, 2.75) is 0 Å². The lowest BCUT2D eigenvalue weighted by molar-refractivity contribution is 0.669. The highest BCUT2D eigenvalue weighted by molar-refractivity contribution is 6.18. The van der Waals surface area contributed by atoms with Gasteiger partial charge in [0.15, 0.2) is 17.5 Å². The molecule has 3 heterocycles. The molecule has 0 N–H and O–H groups in total. The first-order valence-electron chi connectivity index (χ1n) is 16.6. The maximum Gasteiger partial charge on any atom is 0.164 e. The van der Waals surface area contributed by atoms with Crippen molar-refractivity contribution >= 4 is 43.9 Å². The molecule has 0 aliphatic heterocycles. The largest absolute Gasteiger partial charge is 0.456 e. The minimum absolute atomic E-state index is 0.590. The molecule has 0 bridgehead atoms. The van der Waals surface area contributed by atoms with E-state index in [0.717, 1.165) is 82.8 Å². The van der Waals surface area contributed by atoms with Gasteiger partial charge < -0.3 is 8.83 Å². The lowest BCUT2D eigenvalue weighted by Crippen LogP contribution is -2.00. The highest BCUT2D eigenvalue weighted by atomic mass is 16.3. The van der Waals surface area contributed by atoms with Crippen LogP contribution in [0.5, 0.6) is 0 Å².